The number of carboxylic acid groups (broad SMARTS) is 1. The minimum atomic E-state index is -1.24. The van der Waals surface area contributed by atoms with Crippen LogP contribution in [0.5, 0.6) is 0 Å². The second-order valence-corrected chi connectivity index (χ2v) is 6.31. The quantitative estimate of drug-likeness (QED) is 0.598. The fraction of sp³-hybridized carbons (Fsp3) is 0.263. The van der Waals surface area contributed by atoms with E-state index in [1.54, 1.807) is 36.4 Å². The van der Waals surface area contributed by atoms with Gasteiger partial charge in [-0.3, -0.25) is 14.9 Å². The van der Waals surface area contributed by atoms with Gasteiger partial charge in [0.15, 0.2) is 6.04 Å². The van der Waals surface area contributed by atoms with Crippen LogP contribution in [-0.4, -0.2) is 35.0 Å². The molecule has 8 heteroatoms. The van der Waals surface area contributed by atoms with E-state index in [1.807, 2.05) is 4.90 Å². The van der Waals surface area contributed by atoms with E-state index in [0.29, 0.717) is 11.3 Å². The highest BCUT2D eigenvalue weighted by atomic mass is 16.6. The molecule has 2 aromatic rings. The largest absolute Gasteiger partial charge is 0.479 e. The number of nitro benzene ring substituents is 1. The molecule has 1 amide bonds. The summed E-state index contributed by atoms with van der Waals surface area (Å²) in [6.45, 7) is 1.48. The van der Waals surface area contributed by atoms with E-state index in [0.717, 1.165) is 25.9 Å². The summed E-state index contributed by atoms with van der Waals surface area (Å²) in [5.41, 5.74) is 0.788. The number of anilines is 1. The summed E-state index contributed by atoms with van der Waals surface area (Å²) in [5.74, 6) is -1.89. The zero-order valence-electron chi connectivity index (χ0n) is 14.5. The SMILES string of the molecule is O=C(NC(C(=O)O)c1ccccc1)c1ccc(N2CCCC2)c([N+](=O)[O-])c1. The van der Waals surface area contributed by atoms with Crippen LogP contribution < -0.4 is 10.2 Å². The van der Waals surface area contributed by atoms with Crippen LogP contribution >= 0.6 is 0 Å². The molecule has 1 fully saturated rings. The third kappa shape index (κ3) is 4.05. The maximum atomic E-state index is 12.5. The van der Waals surface area contributed by atoms with Crippen molar-refractivity contribution in [1.82, 2.24) is 5.32 Å². The van der Waals surface area contributed by atoms with Gasteiger partial charge in [0.2, 0.25) is 0 Å². The number of aliphatic carboxylic acids is 1. The van der Waals surface area contributed by atoms with Crippen molar-refractivity contribution >= 4 is 23.3 Å². The Morgan fingerprint density at radius 2 is 1.78 bits per heavy atom. The molecule has 2 aromatic carbocycles. The Morgan fingerprint density at radius 3 is 2.37 bits per heavy atom. The van der Waals surface area contributed by atoms with E-state index in [-0.39, 0.29) is 11.3 Å². The average Bonchev–Trinajstić information content (AvgIpc) is 3.20. The molecule has 1 aliphatic rings. The summed E-state index contributed by atoms with van der Waals surface area (Å²) >= 11 is 0. The van der Waals surface area contributed by atoms with Crippen LogP contribution in [0, 0.1) is 10.1 Å². The molecule has 1 atom stereocenters. The van der Waals surface area contributed by atoms with Crippen molar-refractivity contribution in [2.24, 2.45) is 0 Å². The van der Waals surface area contributed by atoms with Gasteiger partial charge in [-0.2, -0.15) is 0 Å². The highest BCUT2D eigenvalue weighted by Gasteiger charge is 2.26. The summed E-state index contributed by atoms with van der Waals surface area (Å²) in [6.07, 6.45) is 1.94. The fourth-order valence-corrected chi connectivity index (χ4v) is 3.18. The molecule has 0 spiro atoms. The molecule has 1 unspecified atom stereocenters. The molecule has 0 aliphatic carbocycles. The first-order valence-electron chi connectivity index (χ1n) is 8.59. The van der Waals surface area contributed by atoms with E-state index in [9.17, 15) is 24.8 Å². The summed E-state index contributed by atoms with van der Waals surface area (Å²) in [7, 11) is 0. The van der Waals surface area contributed by atoms with Gasteiger partial charge in [-0.15, -0.1) is 0 Å². The number of carbonyl (C=O) groups is 2. The molecule has 1 heterocycles. The standard InChI is InChI=1S/C19H19N3O5/c23-18(20-17(19(24)25)13-6-2-1-3-7-13)14-8-9-15(16(12-14)22(26)27)21-10-4-5-11-21/h1-3,6-9,12,17H,4-5,10-11H2,(H,20,23)(H,24,25). The number of hydrogen-bond acceptors (Lipinski definition) is 5. The van der Waals surface area contributed by atoms with Crippen LogP contribution in [0.3, 0.4) is 0 Å². The molecule has 8 nitrogen and oxygen atoms in total. The lowest BCUT2D eigenvalue weighted by atomic mass is 10.1. The van der Waals surface area contributed by atoms with Gasteiger partial charge in [-0.1, -0.05) is 30.3 Å². The van der Waals surface area contributed by atoms with E-state index >= 15 is 0 Å². The number of benzene rings is 2. The van der Waals surface area contributed by atoms with Crippen molar-refractivity contribution in [2.45, 2.75) is 18.9 Å². The summed E-state index contributed by atoms with van der Waals surface area (Å²) in [5, 5.41) is 23.3. The summed E-state index contributed by atoms with van der Waals surface area (Å²) < 4.78 is 0. The van der Waals surface area contributed by atoms with Crippen molar-refractivity contribution in [3.63, 3.8) is 0 Å². The lowest BCUT2D eigenvalue weighted by molar-refractivity contribution is -0.384. The van der Waals surface area contributed by atoms with Crippen LogP contribution in [0.1, 0.15) is 34.8 Å². The molecule has 27 heavy (non-hydrogen) atoms. The Hall–Kier alpha value is -3.42. The number of carboxylic acids is 1. The molecule has 2 N–H and O–H groups in total. The Balaban J connectivity index is 1.86. The first kappa shape index (κ1) is 18.4. The Labute approximate surface area is 155 Å². The average molecular weight is 369 g/mol. The van der Waals surface area contributed by atoms with Gasteiger partial charge in [0.1, 0.15) is 5.69 Å². The lowest BCUT2D eigenvalue weighted by Crippen LogP contribution is -2.33. The molecule has 0 aromatic heterocycles. The van der Waals surface area contributed by atoms with Gasteiger partial charge in [0.05, 0.1) is 4.92 Å². The number of rotatable bonds is 6. The molecular weight excluding hydrogens is 350 g/mol. The van der Waals surface area contributed by atoms with Crippen LogP contribution in [0.2, 0.25) is 0 Å². The second-order valence-electron chi connectivity index (χ2n) is 6.31. The Kier molecular flexibility index (Phi) is 5.35. The third-order valence-corrected chi connectivity index (χ3v) is 4.54. The molecule has 0 radical (unpaired) electrons. The Bertz CT molecular complexity index is 863. The molecule has 0 bridgehead atoms. The molecule has 1 aliphatic heterocycles. The van der Waals surface area contributed by atoms with Gasteiger partial charge in [-0.05, 0) is 30.5 Å². The first-order valence-corrected chi connectivity index (χ1v) is 8.59. The minimum Gasteiger partial charge on any atom is -0.479 e. The zero-order chi connectivity index (χ0) is 19.4. The predicted molar refractivity (Wildman–Crippen MR) is 98.8 cm³/mol. The van der Waals surface area contributed by atoms with Crippen LogP contribution in [-0.2, 0) is 4.79 Å². The normalized spacial score (nSPS) is 14.6. The van der Waals surface area contributed by atoms with E-state index < -0.39 is 22.8 Å². The van der Waals surface area contributed by atoms with Crippen LogP contribution in [0.25, 0.3) is 0 Å². The summed E-state index contributed by atoms with van der Waals surface area (Å²) in [6, 6.07) is 11.3. The van der Waals surface area contributed by atoms with Crippen molar-refractivity contribution in [1.29, 1.82) is 0 Å². The third-order valence-electron chi connectivity index (χ3n) is 4.54. The van der Waals surface area contributed by atoms with E-state index in [2.05, 4.69) is 5.32 Å². The monoisotopic (exact) mass is 369 g/mol. The first-order chi connectivity index (χ1) is 13.0. The maximum Gasteiger partial charge on any atom is 0.330 e. The number of nitro groups is 1. The number of nitrogens with one attached hydrogen (secondary N) is 1. The van der Waals surface area contributed by atoms with Crippen molar-refractivity contribution in [3.05, 3.63) is 69.8 Å². The van der Waals surface area contributed by atoms with Crippen molar-refractivity contribution < 1.29 is 19.6 Å². The van der Waals surface area contributed by atoms with Gasteiger partial charge in [0, 0.05) is 24.7 Å². The smallest absolute Gasteiger partial charge is 0.330 e. The van der Waals surface area contributed by atoms with Gasteiger partial charge in [0.25, 0.3) is 11.6 Å². The highest BCUT2D eigenvalue weighted by Crippen LogP contribution is 2.31. The molecule has 0 saturated carbocycles. The minimum absolute atomic E-state index is 0.0480. The topological polar surface area (TPSA) is 113 Å². The number of carbonyl (C=O) groups excluding carboxylic acids is 1. The second kappa shape index (κ2) is 7.86. The van der Waals surface area contributed by atoms with Gasteiger partial charge < -0.3 is 15.3 Å². The van der Waals surface area contributed by atoms with Crippen LogP contribution in [0.15, 0.2) is 48.5 Å². The number of amides is 1. The maximum absolute atomic E-state index is 12.5. The molecular formula is C19H19N3O5. The molecule has 140 valence electrons. The molecule has 1 saturated heterocycles. The van der Waals surface area contributed by atoms with Gasteiger partial charge in [-0.25, -0.2) is 4.79 Å². The number of nitrogens with zero attached hydrogens (tertiary/aromatic N) is 2. The molecule has 3 rings (SSSR count). The highest BCUT2D eigenvalue weighted by molar-refractivity contribution is 5.98. The van der Waals surface area contributed by atoms with E-state index in [1.165, 1.54) is 12.1 Å². The van der Waals surface area contributed by atoms with E-state index in [4.69, 9.17) is 0 Å². The summed E-state index contributed by atoms with van der Waals surface area (Å²) in [4.78, 5) is 36.9. The van der Waals surface area contributed by atoms with Crippen molar-refractivity contribution in [2.75, 3.05) is 18.0 Å². The zero-order valence-corrected chi connectivity index (χ0v) is 14.5. The van der Waals surface area contributed by atoms with Crippen LogP contribution in [0.4, 0.5) is 11.4 Å². The number of hydrogen-bond donors (Lipinski definition) is 2. The fourth-order valence-electron chi connectivity index (χ4n) is 3.18. The van der Waals surface area contributed by atoms with Crippen molar-refractivity contribution in [3.8, 4) is 0 Å². The van der Waals surface area contributed by atoms with Gasteiger partial charge >= 0.3 is 5.97 Å². The Morgan fingerprint density at radius 1 is 1.11 bits per heavy atom. The predicted octanol–water partition coefficient (Wildman–Crippen LogP) is 2.75. The lowest BCUT2D eigenvalue weighted by Gasteiger charge is -2.18.